The van der Waals surface area contributed by atoms with Gasteiger partial charge >= 0.3 is 6.36 Å². The molecular weight excluding hydrogens is 456 g/mol. The zero-order chi connectivity index (χ0) is 23.9. The van der Waals surface area contributed by atoms with Crippen LogP contribution < -0.4 is 14.8 Å². The molecule has 1 N–H and O–H groups in total. The summed E-state index contributed by atoms with van der Waals surface area (Å²) in [6.07, 6.45) is 1.46. The zero-order valence-electron chi connectivity index (χ0n) is 17.3. The molecule has 0 saturated carbocycles. The lowest BCUT2D eigenvalue weighted by molar-refractivity contribution is -0.275. The van der Waals surface area contributed by atoms with Gasteiger partial charge in [-0.05, 0) is 42.0 Å². The average Bonchev–Trinajstić information content (AvgIpc) is 3.28. The van der Waals surface area contributed by atoms with Crippen LogP contribution in [0.2, 0.25) is 0 Å². The van der Waals surface area contributed by atoms with Gasteiger partial charge in [-0.3, -0.25) is 9.78 Å². The van der Waals surface area contributed by atoms with Crippen molar-refractivity contribution in [1.82, 2.24) is 19.7 Å². The van der Waals surface area contributed by atoms with E-state index in [9.17, 15) is 22.4 Å². The zero-order valence-corrected chi connectivity index (χ0v) is 17.3. The molecule has 1 aromatic carbocycles. The molecule has 1 unspecified atom stereocenters. The van der Waals surface area contributed by atoms with Gasteiger partial charge in [-0.15, -0.1) is 13.2 Å². The van der Waals surface area contributed by atoms with E-state index in [1.807, 2.05) is 0 Å². The molecule has 3 aromatic heterocycles. The number of ether oxygens (including phenoxy) is 2. The molecule has 4 heterocycles. The Morgan fingerprint density at radius 1 is 1.15 bits per heavy atom. The number of rotatable bonds is 4. The highest BCUT2D eigenvalue weighted by Gasteiger charge is 2.43. The molecule has 1 atom stereocenters. The number of nitrogens with zero attached hydrogens (tertiary/aromatic N) is 3. The number of carbonyl (C=O) groups excluding carboxylic acids is 1. The van der Waals surface area contributed by atoms with E-state index < -0.39 is 29.4 Å². The molecule has 4 aromatic rings. The molecule has 34 heavy (non-hydrogen) atoms. The molecule has 174 valence electrons. The number of benzene rings is 1. The van der Waals surface area contributed by atoms with Crippen molar-refractivity contribution in [3.8, 4) is 11.5 Å². The summed E-state index contributed by atoms with van der Waals surface area (Å²) in [4.78, 5) is 21.8. The number of hydrogen-bond donors (Lipinski definition) is 1. The second kappa shape index (κ2) is 8.01. The third kappa shape index (κ3) is 3.89. The maximum Gasteiger partial charge on any atom is 0.573 e. The maximum atomic E-state index is 14.7. The Bertz CT molecular complexity index is 1390. The van der Waals surface area contributed by atoms with Crippen LogP contribution in [0.1, 0.15) is 28.0 Å². The maximum absolute atomic E-state index is 14.7. The lowest BCUT2D eigenvalue weighted by Crippen LogP contribution is -2.50. The first-order chi connectivity index (χ1) is 16.2. The lowest BCUT2D eigenvalue weighted by atomic mass is 9.81. The molecule has 1 aliphatic heterocycles. The molecule has 5 rings (SSSR count). The molecule has 1 aliphatic rings. The van der Waals surface area contributed by atoms with Crippen LogP contribution >= 0.6 is 0 Å². The second-order valence-electron chi connectivity index (χ2n) is 7.61. The van der Waals surface area contributed by atoms with Gasteiger partial charge in [0.2, 0.25) is 0 Å². The van der Waals surface area contributed by atoms with Gasteiger partial charge in [0.1, 0.15) is 22.6 Å². The van der Waals surface area contributed by atoms with E-state index in [0.29, 0.717) is 22.7 Å². The number of alkyl halides is 3. The number of hydrogen-bond acceptors (Lipinski definition) is 5. The second-order valence-corrected chi connectivity index (χ2v) is 7.61. The number of aromatic nitrogens is 3. The molecule has 7 nitrogen and oxygen atoms in total. The van der Waals surface area contributed by atoms with Gasteiger partial charge in [-0.1, -0.05) is 6.07 Å². The van der Waals surface area contributed by atoms with Gasteiger partial charge in [0.05, 0.1) is 12.2 Å². The monoisotopic (exact) mass is 472 g/mol. The minimum Gasteiger partial charge on any atom is -0.491 e. The summed E-state index contributed by atoms with van der Waals surface area (Å²) >= 11 is 0. The molecular formula is C23H16F4N4O3. The Morgan fingerprint density at radius 3 is 2.79 bits per heavy atom. The summed E-state index contributed by atoms with van der Waals surface area (Å²) < 4.78 is 63.6. The summed E-state index contributed by atoms with van der Waals surface area (Å²) in [5.41, 5.74) is 0.0768. The summed E-state index contributed by atoms with van der Waals surface area (Å²) in [6.45, 7) is 0.155. The number of carbonyl (C=O) groups is 1. The van der Waals surface area contributed by atoms with E-state index in [-0.39, 0.29) is 18.6 Å². The smallest absolute Gasteiger partial charge is 0.491 e. The molecule has 1 amide bonds. The highest BCUT2D eigenvalue weighted by atomic mass is 19.4. The Labute approximate surface area is 190 Å². The largest absolute Gasteiger partial charge is 0.573 e. The van der Waals surface area contributed by atoms with Gasteiger partial charge in [0.15, 0.2) is 11.6 Å². The van der Waals surface area contributed by atoms with Crippen molar-refractivity contribution in [2.45, 2.75) is 18.3 Å². The topological polar surface area (TPSA) is 77.8 Å². The van der Waals surface area contributed by atoms with Crippen LogP contribution in [-0.4, -0.2) is 33.2 Å². The lowest BCUT2D eigenvalue weighted by Gasteiger charge is -2.39. The first-order valence-electron chi connectivity index (χ1n) is 10.1. The molecule has 0 fully saturated rings. The standard InChI is InChI=1S/C23H16F4N4O3/c24-16-12-15(4-5-17(16)34-23(25,26)27)22(7-11-33-18-2-1-8-29-20(18)22)30-21(32)14-3-6-19-28-9-10-31(19)13-14/h1-6,8-10,12-13H,7,11H2,(H,30,32). The molecule has 0 aliphatic carbocycles. The molecule has 11 heteroatoms. The van der Waals surface area contributed by atoms with Crippen LogP contribution in [0.15, 0.2) is 67.3 Å². The van der Waals surface area contributed by atoms with E-state index in [1.165, 1.54) is 12.3 Å². The van der Waals surface area contributed by atoms with Crippen LogP contribution in [0.4, 0.5) is 17.6 Å². The van der Waals surface area contributed by atoms with Crippen molar-refractivity contribution in [2.24, 2.45) is 0 Å². The van der Waals surface area contributed by atoms with Crippen molar-refractivity contribution in [2.75, 3.05) is 6.61 Å². The van der Waals surface area contributed by atoms with Crippen molar-refractivity contribution in [3.05, 3.63) is 89.9 Å². The minimum atomic E-state index is -5.05. The summed E-state index contributed by atoms with van der Waals surface area (Å²) in [7, 11) is 0. The first-order valence-corrected chi connectivity index (χ1v) is 10.1. The third-order valence-electron chi connectivity index (χ3n) is 5.54. The van der Waals surface area contributed by atoms with E-state index in [2.05, 4.69) is 20.0 Å². The van der Waals surface area contributed by atoms with E-state index in [0.717, 1.165) is 12.1 Å². The number of amides is 1. The minimum absolute atomic E-state index is 0.155. The molecule has 0 spiro atoms. The van der Waals surface area contributed by atoms with Crippen LogP contribution in [0.25, 0.3) is 5.65 Å². The number of fused-ring (bicyclic) bond motifs is 2. The molecule has 0 saturated heterocycles. The Balaban J connectivity index is 1.59. The Kier molecular flexibility index (Phi) is 5.11. The fourth-order valence-electron chi connectivity index (χ4n) is 4.03. The normalized spacial score (nSPS) is 17.6. The van der Waals surface area contributed by atoms with Gasteiger partial charge in [-0.25, -0.2) is 9.37 Å². The number of halogens is 4. The predicted molar refractivity (Wildman–Crippen MR) is 111 cm³/mol. The van der Waals surface area contributed by atoms with Gasteiger partial charge in [0, 0.05) is 31.2 Å². The van der Waals surface area contributed by atoms with Crippen molar-refractivity contribution in [3.63, 3.8) is 0 Å². The van der Waals surface area contributed by atoms with Crippen molar-refractivity contribution in [1.29, 1.82) is 0 Å². The predicted octanol–water partition coefficient (Wildman–Crippen LogP) is 4.22. The molecule has 0 radical (unpaired) electrons. The molecule has 0 bridgehead atoms. The highest BCUT2D eigenvalue weighted by molar-refractivity contribution is 5.95. The number of nitrogens with one attached hydrogen (secondary N) is 1. The van der Waals surface area contributed by atoms with Crippen LogP contribution in [0.5, 0.6) is 11.5 Å². The van der Waals surface area contributed by atoms with Crippen LogP contribution in [-0.2, 0) is 5.54 Å². The van der Waals surface area contributed by atoms with Gasteiger partial charge < -0.3 is 19.2 Å². The first kappa shape index (κ1) is 21.7. The van der Waals surface area contributed by atoms with Crippen LogP contribution in [0.3, 0.4) is 0 Å². The Hall–Kier alpha value is -4.15. The van der Waals surface area contributed by atoms with E-state index in [4.69, 9.17) is 4.74 Å². The van der Waals surface area contributed by atoms with Crippen molar-refractivity contribution < 1.29 is 31.8 Å². The van der Waals surface area contributed by atoms with Crippen molar-refractivity contribution >= 4 is 11.6 Å². The summed E-state index contributed by atoms with van der Waals surface area (Å²) in [6, 6.07) is 9.60. The summed E-state index contributed by atoms with van der Waals surface area (Å²) in [5.74, 6) is -2.33. The SMILES string of the molecule is O=C(NC1(c2ccc(OC(F)(F)F)c(F)c2)CCOc2cccnc21)c1ccc2nccn2c1. The average molecular weight is 472 g/mol. The third-order valence-corrected chi connectivity index (χ3v) is 5.54. The number of imidazole rings is 1. The van der Waals surface area contributed by atoms with E-state index >= 15 is 0 Å². The van der Waals surface area contributed by atoms with Gasteiger partial charge in [0.25, 0.3) is 5.91 Å². The highest BCUT2D eigenvalue weighted by Crippen LogP contribution is 2.42. The van der Waals surface area contributed by atoms with E-state index in [1.54, 1.807) is 47.3 Å². The fraction of sp³-hybridized carbons (Fsp3) is 0.174. The van der Waals surface area contributed by atoms with Crippen LogP contribution in [0, 0.1) is 5.82 Å². The Morgan fingerprint density at radius 2 is 2.00 bits per heavy atom. The number of pyridine rings is 2. The summed E-state index contributed by atoms with van der Waals surface area (Å²) in [5, 5.41) is 2.93. The fourth-order valence-corrected chi connectivity index (χ4v) is 4.03. The quantitative estimate of drug-likeness (QED) is 0.450. The van der Waals surface area contributed by atoms with Gasteiger partial charge in [-0.2, -0.15) is 0 Å².